The van der Waals surface area contributed by atoms with Crippen molar-refractivity contribution in [2.75, 3.05) is 0 Å². The van der Waals surface area contributed by atoms with E-state index < -0.39 is 0 Å². The number of aromatic nitrogens is 3. The van der Waals surface area contributed by atoms with Crippen LogP contribution in [0.3, 0.4) is 0 Å². The molecule has 1 aromatic heterocycles. The molecule has 2 aromatic rings. The lowest BCUT2D eigenvalue weighted by molar-refractivity contribution is 0.562. The van der Waals surface area contributed by atoms with Gasteiger partial charge in [-0.3, -0.25) is 4.57 Å². The smallest absolute Gasteiger partial charge is 0.278 e. The minimum atomic E-state index is 0.0413. The predicted molar refractivity (Wildman–Crippen MR) is 69.7 cm³/mol. The van der Waals surface area contributed by atoms with Crippen molar-refractivity contribution in [2.24, 2.45) is 0 Å². The van der Waals surface area contributed by atoms with Gasteiger partial charge in [0.05, 0.1) is 0 Å². The summed E-state index contributed by atoms with van der Waals surface area (Å²) in [6.45, 7) is 3.52. The van der Waals surface area contributed by atoms with Gasteiger partial charge in [0.2, 0.25) is 0 Å². The SMILES string of the molecule is CCCn1nc2n(c1=O)CCc1ccccc1C2. The van der Waals surface area contributed by atoms with E-state index in [1.807, 2.05) is 4.57 Å². The summed E-state index contributed by atoms with van der Waals surface area (Å²) in [6, 6.07) is 8.39. The Morgan fingerprint density at radius 2 is 2.06 bits per heavy atom. The third-order valence-corrected chi connectivity index (χ3v) is 3.51. The van der Waals surface area contributed by atoms with Crippen LogP contribution in [-0.2, 0) is 25.9 Å². The molecule has 4 heteroatoms. The van der Waals surface area contributed by atoms with Crippen molar-refractivity contribution in [1.29, 1.82) is 0 Å². The number of benzene rings is 1. The number of hydrogen-bond donors (Lipinski definition) is 0. The Morgan fingerprint density at radius 3 is 2.83 bits per heavy atom. The molecular weight excluding hydrogens is 226 g/mol. The van der Waals surface area contributed by atoms with E-state index >= 15 is 0 Å². The number of fused-ring (bicyclic) bond motifs is 2. The summed E-state index contributed by atoms with van der Waals surface area (Å²) in [5.41, 5.74) is 2.67. The van der Waals surface area contributed by atoms with Crippen LogP contribution >= 0.6 is 0 Å². The van der Waals surface area contributed by atoms with Crippen LogP contribution < -0.4 is 5.69 Å². The molecule has 0 bridgehead atoms. The van der Waals surface area contributed by atoms with Gasteiger partial charge < -0.3 is 0 Å². The van der Waals surface area contributed by atoms with E-state index in [1.165, 1.54) is 11.1 Å². The minimum Gasteiger partial charge on any atom is -0.278 e. The van der Waals surface area contributed by atoms with Crippen LogP contribution in [0, 0.1) is 0 Å². The fraction of sp³-hybridized carbons (Fsp3) is 0.429. The molecule has 18 heavy (non-hydrogen) atoms. The lowest BCUT2D eigenvalue weighted by atomic mass is 10.0. The Morgan fingerprint density at radius 1 is 1.28 bits per heavy atom. The van der Waals surface area contributed by atoms with Crippen LogP contribution in [0.2, 0.25) is 0 Å². The highest BCUT2D eigenvalue weighted by Gasteiger charge is 2.18. The van der Waals surface area contributed by atoms with Gasteiger partial charge in [0.25, 0.3) is 0 Å². The van der Waals surface area contributed by atoms with E-state index in [2.05, 4.69) is 36.3 Å². The third-order valence-electron chi connectivity index (χ3n) is 3.51. The molecule has 0 radical (unpaired) electrons. The quantitative estimate of drug-likeness (QED) is 0.803. The molecule has 0 amide bonds. The number of nitrogens with zero attached hydrogens (tertiary/aromatic N) is 3. The molecule has 0 saturated heterocycles. The molecule has 0 N–H and O–H groups in total. The normalized spacial score (nSPS) is 13.8. The molecule has 0 spiro atoms. The molecule has 0 saturated carbocycles. The zero-order chi connectivity index (χ0) is 12.5. The second-order valence-corrected chi connectivity index (χ2v) is 4.77. The summed E-state index contributed by atoms with van der Waals surface area (Å²) in [7, 11) is 0. The first-order chi connectivity index (χ1) is 8.79. The molecule has 1 aromatic carbocycles. The van der Waals surface area contributed by atoms with E-state index in [1.54, 1.807) is 4.68 Å². The highest BCUT2D eigenvalue weighted by Crippen LogP contribution is 2.17. The topological polar surface area (TPSA) is 39.8 Å². The monoisotopic (exact) mass is 243 g/mol. The molecule has 2 heterocycles. The zero-order valence-corrected chi connectivity index (χ0v) is 10.6. The van der Waals surface area contributed by atoms with Crippen LogP contribution in [-0.4, -0.2) is 14.3 Å². The molecule has 4 nitrogen and oxygen atoms in total. The maximum atomic E-state index is 12.2. The van der Waals surface area contributed by atoms with Crippen LogP contribution in [0.25, 0.3) is 0 Å². The summed E-state index contributed by atoms with van der Waals surface area (Å²) >= 11 is 0. The van der Waals surface area contributed by atoms with Crippen LogP contribution in [0.1, 0.15) is 30.3 Å². The number of rotatable bonds is 2. The Bertz CT molecular complexity index is 624. The van der Waals surface area contributed by atoms with Gasteiger partial charge >= 0.3 is 5.69 Å². The Kier molecular flexibility index (Phi) is 2.78. The molecule has 94 valence electrons. The van der Waals surface area contributed by atoms with E-state index in [9.17, 15) is 4.79 Å². The molecule has 3 rings (SSSR count). The Balaban J connectivity index is 2.04. The number of aryl methyl sites for hydroxylation is 2. The fourth-order valence-corrected chi connectivity index (χ4v) is 2.58. The van der Waals surface area contributed by atoms with Gasteiger partial charge in [-0.25, -0.2) is 9.48 Å². The van der Waals surface area contributed by atoms with Crippen molar-refractivity contribution in [2.45, 2.75) is 39.3 Å². The molecule has 1 aliphatic heterocycles. The first kappa shape index (κ1) is 11.3. The van der Waals surface area contributed by atoms with Crippen molar-refractivity contribution >= 4 is 0 Å². The predicted octanol–water partition coefficient (Wildman–Crippen LogP) is 1.60. The molecular formula is C14H17N3O. The van der Waals surface area contributed by atoms with Crippen LogP contribution in [0.4, 0.5) is 0 Å². The highest BCUT2D eigenvalue weighted by atomic mass is 16.2. The van der Waals surface area contributed by atoms with E-state index in [0.717, 1.165) is 31.6 Å². The van der Waals surface area contributed by atoms with Gasteiger partial charge in [0.15, 0.2) is 0 Å². The third kappa shape index (κ3) is 1.78. The molecule has 1 aliphatic rings. The van der Waals surface area contributed by atoms with Gasteiger partial charge in [-0.2, -0.15) is 5.10 Å². The highest BCUT2D eigenvalue weighted by molar-refractivity contribution is 5.31. The van der Waals surface area contributed by atoms with Crippen molar-refractivity contribution in [3.8, 4) is 0 Å². The van der Waals surface area contributed by atoms with Crippen molar-refractivity contribution in [3.63, 3.8) is 0 Å². The van der Waals surface area contributed by atoms with Gasteiger partial charge in [-0.1, -0.05) is 31.2 Å². The second-order valence-electron chi connectivity index (χ2n) is 4.77. The minimum absolute atomic E-state index is 0.0413. The van der Waals surface area contributed by atoms with Crippen LogP contribution in [0.5, 0.6) is 0 Å². The lowest BCUT2D eigenvalue weighted by Crippen LogP contribution is -2.25. The van der Waals surface area contributed by atoms with Gasteiger partial charge in [0.1, 0.15) is 5.82 Å². The second kappa shape index (κ2) is 4.44. The summed E-state index contributed by atoms with van der Waals surface area (Å²) in [5.74, 6) is 0.901. The Labute approximate surface area is 106 Å². The summed E-state index contributed by atoms with van der Waals surface area (Å²) in [6.07, 6.45) is 2.62. The molecule has 0 aliphatic carbocycles. The maximum Gasteiger partial charge on any atom is 0.345 e. The molecule has 0 atom stereocenters. The van der Waals surface area contributed by atoms with Gasteiger partial charge in [-0.15, -0.1) is 0 Å². The number of hydrogen-bond acceptors (Lipinski definition) is 2. The van der Waals surface area contributed by atoms with Crippen LogP contribution in [0.15, 0.2) is 29.1 Å². The molecule has 0 unspecified atom stereocenters. The largest absolute Gasteiger partial charge is 0.345 e. The van der Waals surface area contributed by atoms with E-state index in [-0.39, 0.29) is 5.69 Å². The Hall–Kier alpha value is -1.84. The van der Waals surface area contributed by atoms with Crippen molar-refractivity contribution in [1.82, 2.24) is 14.3 Å². The average molecular weight is 243 g/mol. The maximum absolute atomic E-state index is 12.2. The standard InChI is InChI=1S/C14H17N3O/c1-2-8-17-14(18)16-9-7-11-5-3-4-6-12(11)10-13(16)15-17/h3-6H,2,7-10H2,1H3. The van der Waals surface area contributed by atoms with Crippen molar-refractivity contribution < 1.29 is 0 Å². The average Bonchev–Trinajstić information content (AvgIpc) is 2.58. The van der Waals surface area contributed by atoms with Crippen molar-refractivity contribution in [3.05, 3.63) is 51.7 Å². The lowest BCUT2D eigenvalue weighted by Gasteiger charge is -2.03. The molecule has 0 fully saturated rings. The summed E-state index contributed by atoms with van der Waals surface area (Å²) in [4.78, 5) is 12.2. The van der Waals surface area contributed by atoms with E-state index in [0.29, 0.717) is 6.54 Å². The summed E-state index contributed by atoms with van der Waals surface area (Å²) in [5, 5.41) is 4.47. The summed E-state index contributed by atoms with van der Waals surface area (Å²) < 4.78 is 3.43. The first-order valence-corrected chi connectivity index (χ1v) is 6.53. The fourth-order valence-electron chi connectivity index (χ4n) is 2.58. The van der Waals surface area contributed by atoms with Gasteiger partial charge in [0, 0.05) is 19.5 Å². The first-order valence-electron chi connectivity index (χ1n) is 6.53. The van der Waals surface area contributed by atoms with Gasteiger partial charge in [-0.05, 0) is 24.0 Å². The zero-order valence-electron chi connectivity index (χ0n) is 10.6. The van der Waals surface area contributed by atoms with E-state index in [4.69, 9.17) is 0 Å².